The van der Waals surface area contributed by atoms with Crippen LogP contribution in [-0.2, 0) is 0 Å². The molecule has 0 amide bonds. The van der Waals surface area contributed by atoms with Gasteiger partial charge in [-0.1, -0.05) is 77.6 Å². The Morgan fingerprint density at radius 2 is 1.50 bits per heavy atom. The molecule has 0 radical (unpaired) electrons. The van der Waals surface area contributed by atoms with Gasteiger partial charge in [-0.05, 0) is 18.8 Å². The molecule has 0 heterocycles. The lowest BCUT2D eigenvalue weighted by Crippen LogP contribution is -2.32. The van der Waals surface area contributed by atoms with Crippen LogP contribution in [0.15, 0.2) is 0 Å². The molecule has 2 atom stereocenters. The van der Waals surface area contributed by atoms with Crippen LogP contribution in [0.5, 0.6) is 0 Å². The summed E-state index contributed by atoms with van der Waals surface area (Å²) < 4.78 is 0. The normalized spacial score (nSPS) is 13.2. The number of nitrogens with zero attached hydrogens (tertiary/aromatic N) is 1. The molecule has 1 N–H and O–H groups in total. The molecule has 0 spiro atoms. The topological polar surface area (TPSA) is 63.4 Å². The molecule has 0 aromatic carbocycles. The van der Waals surface area contributed by atoms with Crippen LogP contribution in [0.3, 0.4) is 0 Å². The predicted octanol–water partition coefficient (Wildman–Crippen LogP) is 4.72. The van der Waals surface area contributed by atoms with Crippen LogP contribution in [0.2, 0.25) is 0 Å². The van der Waals surface area contributed by atoms with Crippen molar-refractivity contribution < 1.29 is 10.0 Å². The molecule has 0 rings (SSSR count). The maximum absolute atomic E-state index is 11.0. The molecular weight excluding hydrogens is 278 g/mol. The summed E-state index contributed by atoms with van der Waals surface area (Å²) >= 11 is 0. The fraction of sp³-hybridized carbons (Fsp3) is 0.889. The Kier molecular flexibility index (Phi) is 14.1. The molecule has 0 bridgehead atoms. The first-order chi connectivity index (χ1) is 10.6. The smallest absolute Gasteiger partial charge is 0.297 e. The van der Waals surface area contributed by atoms with Gasteiger partial charge >= 0.3 is 0 Å². The van der Waals surface area contributed by atoms with E-state index in [2.05, 4.69) is 25.7 Å². The lowest BCUT2D eigenvalue weighted by atomic mass is 10.0. The van der Waals surface area contributed by atoms with Crippen LogP contribution in [0.4, 0.5) is 0 Å². The van der Waals surface area contributed by atoms with Gasteiger partial charge in [0.2, 0.25) is 0 Å². The average molecular weight is 311 g/mol. The summed E-state index contributed by atoms with van der Waals surface area (Å²) in [4.78, 5) is 10.6. The summed E-state index contributed by atoms with van der Waals surface area (Å²) in [5, 5.41) is 20.9. The van der Waals surface area contributed by atoms with Gasteiger partial charge in [-0.2, -0.15) is 0 Å². The summed E-state index contributed by atoms with van der Waals surface area (Å²) in [7, 11) is 0. The van der Waals surface area contributed by atoms with Crippen LogP contribution >= 0.6 is 0 Å². The van der Waals surface area contributed by atoms with E-state index in [-0.39, 0.29) is 0 Å². The monoisotopic (exact) mass is 311 g/mol. The minimum absolute atomic E-state index is 0.446. The molecule has 4 nitrogen and oxygen atoms in total. The highest BCUT2D eigenvalue weighted by Gasteiger charge is 2.26. The molecule has 128 valence electrons. The second-order valence-corrected chi connectivity index (χ2v) is 5.99. The quantitative estimate of drug-likeness (QED) is 0.232. The van der Waals surface area contributed by atoms with E-state index in [9.17, 15) is 15.2 Å². The predicted molar refractivity (Wildman–Crippen MR) is 91.3 cm³/mol. The zero-order valence-corrected chi connectivity index (χ0v) is 14.4. The van der Waals surface area contributed by atoms with Crippen molar-refractivity contribution >= 4 is 0 Å². The van der Waals surface area contributed by atoms with E-state index in [0.717, 1.165) is 38.5 Å². The van der Waals surface area contributed by atoms with Gasteiger partial charge in [0.15, 0.2) is 0 Å². The Hall–Kier alpha value is -1.08. The SMILES string of the molecule is CCCCCCCCC#CC(C(O)CCCCCC)[N+](=O)[O-]. The Morgan fingerprint density at radius 3 is 2.09 bits per heavy atom. The fourth-order valence-electron chi connectivity index (χ4n) is 2.40. The molecule has 0 fully saturated rings. The Labute approximate surface area is 135 Å². The van der Waals surface area contributed by atoms with Crippen molar-refractivity contribution in [2.45, 2.75) is 103 Å². The highest BCUT2D eigenvalue weighted by Crippen LogP contribution is 2.10. The highest BCUT2D eigenvalue weighted by molar-refractivity contribution is 5.06. The number of rotatable bonds is 13. The molecular formula is C18H33NO3. The Morgan fingerprint density at radius 1 is 0.955 bits per heavy atom. The highest BCUT2D eigenvalue weighted by atomic mass is 16.6. The lowest BCUT2D eigenvalue weighted by Gasteiger charge is -2.11. The first kappa shape index (κ1) is 20.9. The Bertz CT molecular complexity index is 333. The van der Waals surface area contributed by atoms with Gasteiger partial charge < -0.3 is 5.11 Å². The van der Waals surface area contributed by atoms with Gasteiger partial charge in [0.05, 0.1) is 0 Å². The summed E-state index contributed by atoms with van der Waals surface area (Å²) in [6.07, 6.45) is 11.4. The molecule has 0 aliphatic rings. The summed E-state index contributed by atoms with van der Waals surface area (Å²) in [5.41, 5.74) is 0. The molecule has 0 saturated carbocycles. The van der Waals surface area contributed by atoms with E-state index in [4.69, 9.17) is 0 Å². The number of unbranched alkanes of at least 4 members (excludes halogenated alkanes) is 9. The number of aliphatic hydroxyl groups excluding tert-OH is 1. The first-order valence-corrected chi connectivity index (χ1v) is 8.93. The second-order valence-electron chi connectivity index (χ2n) is 5.99. The molecule has 0 aliphatic carbocycles. The van der Waals surface area contributed by atoms with Gasteiger partial charge in [-0.3, -0.25) is 10.1 Å². The molecule has 22 heavy (non-hydrogen) atoms. The zero-order valence-electron chi connectivity index (χ0n) is 14.4. The van der Waals surface area contributed by atoms with Crippen LogP contribution in [0.25, 0.3) is 0 Å². The third-order valence-electron chi connectivity index (χ3n) is 3.85. The van der Waals surface area contributed by atoms with Crippen LogP contribution in [0, 0.1) is 22.0 Å². The minimum Gasteiger partial charge on any atom is -0.385 e. The number of nitro groups is 1. The van der Waals surface area contributed by atoms with E-state index in [1.54, 1.807) is 0 Å². The zero-order chi connectivity index (χ0) is 16.6. The van der Waals surface area contributed by atoms with E-state index < -0.39 is 17.1 Å². The Balaban J connectivity index is 3.98. The number of hydrogen-bond acceptors (Lipinski definition) is 3. The van der Waals surface area contributed by atoms with Gasteiger partial charge in [0.1, 0.15) is 6.10 Å². The largest absolute Gasteiger partial charge is 0.385 e. The van der Waals surface area contributed by atoms with Crippen LogP contribution in [0.1, 0.15) is 90.9 Å². The summed E-state index contributed by atoms with van der Waals surface area (Å²) in [6.45, 7) is 4.31. The molecule has 0 aliphatic heterocycles. The second kappa shape index (κ2) is 14.8. The molecule has 4 heteroatoms. The fourth-order valence-corrected chi connectivity index (χ4v) is 2.40. The molecule has 0 aromatic rings. The van der Waals surface area contributed by atoms with E-state index >= 15 is 0 Å². The van der Waals surface area contributed by atoms with Crippen molar-refractivity contribution in [3.8, 4) is 11.8 Å². The van der Waals surface area contributed by atoms with E-state index in [1.165, 1.54) is 25.7 Å². The van der Waals surface area contributed by atoms with Gasteiger partial charge in [-0.25, -0.2) is 0 Å². The maximum atomic E-state index is 11.0. The number of aliphatic hydroxyl groups is 1. The average Bonchev–Trinajstić information content (AvgIpc) is 2.49. The minimum atomic E-state index is -1.12. The van der Waals surface area contributed by atoms with E-state index in [1.807, 2.05) is 0 Å². The van der Waals surface area contributed by atoms with Crippen molar-refractivity contribution in [1.82, 2.24) is 0 Å². The molecule has 2 unspecified atom stereocenters. The third-order valence-corrected chi connectivity index (χ3v) is 3.85. The van der Waals surface area contributed by atoms with Crippen molar-refractivity contribution in [2.75, 3.05) is 0 Å². The van der Waals surface area contributed by atoms with Gasteiger partial charge in [0, 0.05) is 11.3 Å². The summed E-state index contributed by atoms with van der Waals surface area (Å²) in [5.74, 6) is 5.55. The van der Waals surface area contributed by atoms with Crippen LogP contribution in [-0.4, -0.2) is 22.2 Å². The first-order valence-electron chi connectivity index (χ1n) is 8.93. The van der Waals surface area contributed by atoms with Crippen molar-refractivity contribution in [3.05, 3.63) is 10.1 Å². The van der Waals surface area contributed by atoms with Crippen molar-refractivity contribution in [2.24, 2.45) is 0 Å². The van der Waals surface area contributed by atoms with Gasteiger partial charge in [0.25, 0.3) is 6.04 Å². The van der Waals surface area contributed by atoms with E-state index in [0.29, 0.717) is 12.8 Å². The number of hydrogen-bond donors (Lipinski definition) is 1. The van der Waals surface area contributed by atoms with Crippen molar-refractivity contribution in [1.29, 1.82) is 0 Å². The van der Waals surface area contributed by atoms with Crippen LogP contribution < -0.4 is 0 Å². The summed E-state index contributed by atoms with van der Waals surface area (Å²) in [6, 6.07) is -1.12. The van der Waals surface area contributed by atoms with Crippen molar-refractivity contribution in [3.63, 3.8) is 0 Å². The molecule has 0 aromatic heterocycles. The standard InChI is InChI=1S/C18H33NO3/c1-3-5-7-9-10-11-12-13-15-17(19(21)22)18(20)16-14-8-6-4-2/h17-18,20H,3-12,14,16H2,1-2H3. The molecule has 0 saturated heterocycles. The third kappa shape index (κ3) is 11.6. The maximum Gasteiger partial charge on any atom is 0.297 e. The lowest BCUT2D eigenvalue weighted by molar-refractivity contribution is -0.518. The van der Waals surface area contributed by atoms with Gasteiger partial charge in [-0.15, -0.1) is 0 Å².